The van der Waals surface area contributed by atoms with Gasteiger partial charge in [-0.05, 0) is 158 Å². The van der Waals surface area contributed by atoms with Crippen LogP contribution >= 0.6 is 110 Å². The number of carbonyl (C=O) groups is 1. The van der Waals surface area contributed by atoms with Crippen molar-refractivity contribution in [3.8, 4) is 21.1 Å². The van der Waals surface area contributed by atoms with E-state index in [2.05, 4.69) is 195 Å². The van der Waals surface area contributed by atoms with Gasteiger partial charge in [0.15, 0.2) is 0 Å². The second kappa shape index (κ2) is 46.9. The molecule has 0 aliphatic carbocycles. The molecule has 12 nitrogen and oxygen atoms in total. The van der Waals surface area contributed by atoms with E-state index in [0.717, 1.165) is 70.1 Å². The number of rotatable bonds is 13. The average molecular weight is 1760 g/mol. The monoisotopic (exact) mass is 1760 g/mol. The number of carbonyl (C=O) groups excluding carboxylic acids is 3. The first-order valence-electron chi connectivity index (χ1n) is 33.7. The van der Waals surface area contributed by atoms with Crippen molar-refractivity contribution in [1.82, 2.24) is 24.9 Å². The van der Waals surface area contributed by atoms with Crippen molar-refractivity contribution < 1.29 is 38.9 Å². The molecule has 0 bridgehead atoms. The summed E-state index contributed by atoms with van der Waals surface area (Å²) in [6.07, 6.45) is 11.1. The number of alkyl halides is 1. The van der Waals surface area contributed by atoms with Gasteiger partial charge in [-0.3, -0.25) is 4.39 Å². The molecule has 1 N–H and O–H groups in total. The molecule has 0 amide bonds. The zero-order valence-electron chi connectivity index (χ0n) is 60.4. The molecule has 542 valence electrons. The van der Waals surface area contributed by atoms with Crippen LogP contribution in [0.3, 0.4) is 0 Å². The fourth-order valence-electron chi connectivity index (χ4n) is 9.69. The van der Waals surface area contributed by atoms with Crippen molar-refractivity contribution in [2.24, 2.45) is 0 Å². The van der Waals surface area contributed by atoms with Gasteiger partial charge in [-0.25, -0.2) is 28.9 Å². The van der Waals surface area contributed by atoms with Gasteiger partial charge in [0.05, 0.1) is 71.6 Å². The largest absolute Gasteiger partial charge is 0.456 e. The zero-order valence-corrected chi connectivity index (χ0v) is 71.8. The molecule has 13 rings (SSSR count). The molecule has 1 fully saturated rings. The van der Waals surface area contributed by atoms with Crippen molar-refractivity contribution in [1.29, 1.82) is 0 Å². The minimum atomic E-state index is -2.32. The summed E-state index contributed by atoms with van der Waals surface area (Å²) in [5.74, 6) is -0.317. The van der Waals surface area contributed by atoms with Gasteiger partial charge in [0.1, 0.15) is 15.6 Å². The van der Waals surface area contributed by atoms with Gasteiger partial charge in [0.2, 0.25) is 9.23 Å². The standard InChI is InChI=1S/C26H22N2O2S2.C8H7NS.C8H6NS.C7H5NS.C6H4Br2.C4H8O.C4H10O.3C4H9.CH3F.CO2.Cl2OS.Sn/c1-15-8-10-19-21(12-15)31-23(27-19)16-6-5-7-17(13-16)24-28-20-11-9-18(14-22(20)32-24)25(29)30-26(2,3)4;2*1-6-2-3-7-8(4-6)10-5-9-7;1-2-4-7-6(3-1)8-5-9-7;7-5-2-1-3-6(8)4-5;1-2-4-5-3-1;1-4(2,3)5;3*1-3-4-2;1-2;2-1-3;1-4(2)3;/h5-14H,1-4H3;2-5H,1H3;2-4H,1H3;1-5H;1-4H;1-4H2;5H,1-3H3;3*1,3-4H2,2H3;1H3;;;/i;;;;;;;;;;1D;;;. The minimum absolute atomic E-state index is 0.250. The molecule has 0 unspecified atom stereocenters. The van der Waals surface area contributed by atoms with Crippen LogP contribution in [0, 0.1) is 20.8 Å². The van der Waals surface area contributed by atoms with E-state index in [4.69, 9.17) is 44.7 Å². The van der Waals surface area contributed by atoms with Gasteiger partial charge in [0.25, 0.3) is 0 Å². The molecule has 1 saturated heterocycles. The van der Waals surface area contributed by atoms with Crippen LogP contribution in [0.2, 0.25) is 13.3 Å². The fraction of sp³-hybridized carbons (Fsp3) is 0.364. The van der Waals surface area contributed by atoms with E-state index < -0.39 is 46.0 Å². The number of fused-ring (bicyclic) bond motifs is 5. The van der Waals surface area contributed by atoms with Crippen molar-refractivity contribution >= 4 is 204 Å². The molecule has 1 aliphatic heterocycles. The molecule has 0 spiro atoms. The minimum Gasteiger partial charge on any atom is -0.456 e. The predicted octanol–water partition coefficient (Wildman–Crippen LogP) is 24.9. The third-order valence-electron chi connectivity index (χ3n) is 14.3. The van der Waals surface area contributed by atoms with E-state index >= 15 is 0 Å². The zero-order chi connectivity index (χ0) is 75.3. The number of thiazole rings is 5. The quantitative estimate of drug-likeness (QED) is 0.0659. The van der Waals surface area contributed by atoms with Crippen LogP contribution in [-0.4, -0.2) is 96.3 Å². The molecule has 24 heteroatoms. The topological polar surface area (TPSA) is 171 Å². The number of benzene rings is 7. The number of halogens is 5. The van der Waals surface area contributed by atoms with E-state index in [1.54, 1.807) is 75.2 Å². The second-order valence-electron chi connectivity index (χ2n) is 25.2. The second-order valence-corrected chi connectivity index (χ2v) is 48.4. The van der Waals surface area contributed by atoms with Crippen molar-refractivity contribution in [3.63, 3.8) is 0 Å². The predicted molar refractivity (Wildman–Crippen MR) is 442 cm³/mol. The normalized spacial score (nSPS) is 11.6. The molecule has 0 saturated carbocycles. The van der Waals surface area contributed by atoms with Gasteiger partial charge in [0, 0.05) is 54.7 Å². The first-order chi connectivity index (χ1) is 48.6. The summed E-state index contributed by atoms with van der Waals surface area (Å²) in [5.41, 5.74) is 14.6. The van der Waals surface area contributed by atoms with E-state index in [9.17, 15) is 9.18 Å². The molecule has 1 aliphatic rings. The Balaban J connectivity index is 0.000000272. The number of nitrogens with zero attached hydrogens (tertiary/aromatic N) is 5. The summed E-state index contributed by atoms with van der Waals surface area (Å²) < 4.78 is 49.5. The summed E-state index contributed by atoms with van der Waals surface area (Å²) >= 11 is 13.0. The number of ether oxygens (including phenoxy) is 2. The number of aryl methyl sites for hydroxylation is 3. The van der Waals surface area contributed by atoms with Crippen molar-refractivity contribution in [2.75, 3.05) is 20.4 Å². The van der Waals surface area contributed by atoms with Crippen LogP contribution in [0.25, 0.3) is 72.2 Å². The number of hydrogen-bond donors (Lipinski definition) is 1. The Hall–Kier alpha value is -4.82. The molecule has 12 aromatic rings. The third-order valence-corrected chi connectivity index (χ3v) is 37.7. The number of unbranched alkanes of at least 4 members (excludes halogenated alkanes) is 3. The Morgan fingerprint density at radius 1 is 0.604 bits per heavy atom. The summed E-state index contributed by atoms with van der Waals surface area (Å²) in [7, 11) is 6.36. The molecular weight excluding hydrogens is 1670 g/mol. The molecule has 101 heavy (non-hydrogen) atoms. The van der Waals surface area contributed by atoms with E-state index in [-0.39, 0.29) is 12.1 Å². The molecule has 5 aromatic heterocycles. The van der Waals surface area contributed by atoms with Gasteiger partial charge >= 0.3 is 163 Å². The summed E-state index contributed by atoms with van der Waals surface area (Å²) in [4.78, 5) is 51.8. The Labute approximate surface area is 649 Å². The van der Waals surface area contributed by atoms with Crippen molar-refractivity contribution in [3.05, 3.63) is 188 Å². The maximum Gasteiger partial charge on any atom is 0.373 e. The van der Waals surface area contributed by atoms with Crippen LogP contribution in [0.1, 0.15) is 142 Å². The van der Waals surface area contributed by atoms with Crippen LogP contribution in [0.4, 0.5) is 4.39 Å². The first kappa shape index (κ1) is 86.8. The van der Waals surface area contributed by atoms with Gasteiger partial charge < -0.3 is 14.6 Å². The SMILES string of the molecule is Brc1cccc(Br)c1.C1CCOC1.CC(C)(C)O.CCC[CH2][Sn]([CH2]CCC)([CH2]CCC)[c]1nc2ccc(C)cc2s1.Cc1ccc2nc(-c3cccc(-c4nc5ccc(C(=O)OC(C)(C)C)cc5s4)c3)sc2c1.Cc1ccc2ncsc2c1.O=C=O.O=S(Cl)Cl.[2H]CF.c1ccc2scnc2c1. The van der Waals surface area contributed by atoms with E-state index in [0.29, 0.717) is 5.56 Å². The van der Waals surface area contributed by atoms with E-state index in [1.807, 2.05) is 92.5 Å². The van der Waals surface area contributed by atoms with E-state index in [1.165, 1.54) is 106 Å². The number of hydrogen-bond acceptors (Lipinski definition) is 17. The summed E-state index contributed by atoms with van der Waals surface area (Å²) in [5, 5.41) is 10.4. The summed E-state index contributed by atoms with van der Waals surface area (Å²) in [6.45, 7) is 26.3. The first-order valence-corrected chi connectivity index (χ1v) is 49.0. The number of para-hydroxylation sites is 1. The fourth-order valence-corrected chi connectivity index (χ4v) is 34.0. The van der Waals surface area contributed by atoms with Crippen LogP contribution < -0.4 is 3.02 Å². The van der Waals surface area contributed by atoms with Crippen LogP contribution in [0.5, 0.6) is 0 Å². The number of aromatic nitrogens is 5. The number of aliphatic hydroxyl groups is 1. The van der Waals surface area contributed by atoms with Gasteiger partial charge in [-0.15, -0.1) is 45.3 Å². The maximum absolute atomic E-state index is 12.4. The van der Waals surface area contributed by atoms with Gasteiger partial charge in [-0.2, -0.15) is 9.59 Å². The molecule has 0 atom stereocenters. The Bertz CT molecular complexity index is 4410. The van der Waals surface area contributed by atoms with Gasteiger partial charge in [-0.1, -0.05) is 80.4 Å². The molecule has 6 heterocycles. The molecule has 7 aromatic carbocycles. The van der Waals surface area contributed by atoms with Crippen LogP contribution in [-0.2, 0) is 28.3 Å². The Morgan fingerprint density at radius 2 is 1.01 bits per heavy atom. The van der Waals surface area contributed by atoms with Crippen molar-refractivity contribution in [2.45, 2.75) is 159 Å². The maximum atomic E-state index is 12.4. The smallest absolute Gasteiger partial charge is 0.373 e. The average Bonchev–Trinajstić information content (AvgIpc) is 1.64. The van der Waals surface area contributed by atoms with Crippen LogP contribution in [0.15, 0.2) is 166 Å². The Morgan fingerprint density at radius 3 is 1.45 bits per heavy atom. The summed E-state index contributed by atoms with van der Waals surface area (Å²) in [6, 6.07) is 49.4. The third kappa shape index (κ3) is 33.4. The Kier molecular flexibility index (Phi) is 40.3. The number of esters is 1. The molecular formula is C77H92Br2Cl2FN5O7S6Sn. The molecule has 0 radical (unpaired) electrons.